The molecule has 1 fully saturated rings. The topological polar surface area (TPSA) is 99.1 Å². The number of aromatic carboxylic acids is 1. The van der Waals surface area contributed by atoms with Crippen LogP contribution in [-0.2, 0) is 15.8 Å². The molecule has 7 nitrogen and oxygen atoms in total. The van der Waals surface area contributed by atoms with Crippen molar-refractivity contribution in [2.75, 3.05) is 12.4 Å². The van der Waals surface area contributed by atoms with Crippen molar-refractivity contribution < 1.29 is 32.7 Å². The summed E-state index contributed by atoms with van der Waals surface area (Å²) in [5.74, 6) is -2.19. The third kappa shape index (κ3) is 5.40. The number of nitrogens with one attached hydrogen (secondary N) is 1. The van der Waals surface area contributed by atoms with Crippen molar-refractivity contribution in [3.05, 3.63) is 58.6 Å². The van der Waals surface area contributed by atoms with Crippen LogP contribution in [0.25, 0.3) is 0 Å². The fourth-order valence-corrected chi connectivity index (χ4v) is 4.05. The quantitative estimate of drug-likeness (QED) is 0.657. The largest absolute Gasteiger partial charge is 0.478 e. The van der Waals surface area contributed by atoms with Gasteiger partial charge in [-0.15, -0.1) is 0 Å². The fourth-order valence-electron chi connectivity index (χ4n) is 2.76. The Morgan fingerprint density at radius 2 is 1.97 bits per heavy atom. The molecular weight excluding hydrogens is 471 g/mol. The number of rotatable bonds is 4. The van der Waals surface area contributed by atoms with Gasteiger partial charge in [0.1, 0.15) is 5.25 Å². The highest BCUT2D eigenvalue weighted by Gasteiger charge is 2.35. The Kier molecular flexibility index (Phi) is 6.79. The van der Waals surface area contributed by atoms with Crippen molar-refractivity contribution in [2.24, 2.45) is 4.99 Å². The van der Waals surface area contributed by atoms with Gasteiger partial charge in [-0.25, -0.2) is 9.79 Å². The number of nitrogens with zero attached hydrogens (tertiary/aromatic N) is 2. The van der Waals surface area contributed by atoms with Crippen molar-refractivity contribution in [1.82, 2.24) is 4.90 Å². The number of hydrogen-bond acceptors (Lipinski definition) is 5. The standard InChI is InChI=1S/C20H15ClF3N3O4S/c1-27-16(28)9-15(17(29)25-11-4-2-3-10(7-11)18(30)31)32-19(27)26-12-5-6-14(21)13(8-12)20(22,23)24/h2-8,15H,9H2,1H3,(H,25,29)(H,30,31). The molecule has 1 aliphatic heterocycles. The second-order valence-corrected chi connectivity index (χ2v) is 8.27. The van der Waals surface area contributed by atoms with E-state index in [1.165, 1.54) is 37.4 Å². The highest BCUT2D eigenvalue weighted by Crippen LogP contribution is 2.37. The van der Waals surface area contributed by atoms with Crippen LogP contribution in [0.15, 0.2) is 47.5 Å². The number of amides is 2. The summed E-state index contributed by atoms with van der Waals surface area (Å²) in [6.07, 6.45) is -4.85. The summed E-state index contributed by atoms with van der Waals surface area (Å²) >= 11 is 6.53. The number of benzene rings is 2. The highest BCUT2D eigenvalue weighted by atomic mass is 35.5. The third-order valence-electron chi connectivity index (χ3n) is 4.42. The average molecular weight is 486 g/mol. The van der Waals surface area contributed by atoms with Crippen LogP contribution in [0, 0.1) is 0 Å². The van der Waals surface area contributed by atoms with Crippen LogP contribution in [-0.4, -0.2) is 45.3 Å². The lowest BCUT2D eigenvalue weighted by atomic mass is 10.2. The number of carboxylic acids is 1. The van der Waals surface area contributed by atoms with E-state index < -0.39 is 39.8 Å². The van der Waals surface area contributed by atoms with E-state index in [9.17, 15) is 27.6 Å². The number of anilines is 1. The first-order valence-electron chi connectivity index (χ1n) is 8.98. The van der Waals surface area contributed by atoms with Crippen LogP contribution in [0.1, 0.15) is 22.3 Å². The van der Waals surface area contributed by atoms with Crippen molar-refractivity contribution in [3.8, 4) is 0 Å². The molecule has 1 atom stereocenters. The summed E-state index contributed by atoms with van der Waals surface area (Å²) in [6.45, 7) is 0. The number of halogens is 4. The molecule has 1 unspecified atom stereocenters. The highest BCUT2D eigenvalue weighted by molar-refractivity contribution is 8.15. The van der Waals surface area contributed by atoms with E-state index in [1.807, 2.05) is 0 Å². The molecule has 0 aromatic heterocycles. The zero-order valence-electron chi connectivity index (χ0n) is 16.3. The zero-order valence-corrected chi connectivity index (χ0v) is 17.9. The molecule has 32 heavy (non-hydrogen) atoms. The van der Waals surface area contributed by atoms with Crippen molar-refractivity contribution >= 4 is 57.7 Å². The molecule has 1 aliphatic rings. The summed E-state index contributed by atoms with van der Waals surface area (Å²) in [4.78, 5) is 41.4. The number of hydrogen-bond donors (Lipinski definition) is 2. The molecule has 12 heteroatoms. The molecule has 2 aromatic carbocycles. The SMILES string of the molecule is CN1C(=O)CC(C(=O)Nc2cccc(C(=O)O)c2)SC1=Nc1ccc(Cl)c(C(F)(F)F)c1. The summed E-state index contributed by atoms with van der Waals surface area (Å²) in [6, 6.07) is 8.66. The van der Waals surface area contributed by atoms with E-state index in [0.29, 0.717) is 0 Å². The molecule has 1 saturated heterocycles. The number of thioether (sulfide) groups is 1. The maximum Gasteiger partial charge on any atom is 0.417 e. The maximum atomic E-state index is 13.1. The lowest BCUT2D eigenvalue weighted by molar-refractivity contribution is -0.137. The zero-order chi connectivity index (χ0) is 23.6. The first-order chi connectivity index (χ1) is 15.0. The number of carbonyl (C=O) groups excluding carboxylic acids is 2. The summed E-state index contributed by atoms with van der Waals surface area (Å²) in [5.41, 5.74) is -0.948. The molecule has 0 saturated carbocycles. The molecule has 0 spiro atoms. The monoisotopic (exact) mass is 485 g/mol. The maximum absolute atomic E-state index is 13.1. The van der Waals surface area contributed by atoms with Crippen LogP contribution in [0.4, 0.5) is 24.5 Å². The van der Waals surface area contributed by atoms with Gasteiger partial charge < -0.3 is 10.4 Å². The van der Waals surface area contributed by atoms with Gasteiger partial charge in [0.15, 0.2) is 5.17 Å². The molecule has 0 aliphatic carbocycles. The normalized spacial score (nSPS) is 18.0. The summed E-state index contributed by atoms with van der Waals surface area (Å²) < 4.78 is 39.3. The number of amidine groups is 1. The van der Waals surface area contributed by atoms with Crippen LogP contribution >= 0.6 is 23.4 Å². The minimum Gasteiger partial charge on any atom is -0.478 e. The third-order valence-corrected chi connectivity index (χ3v) is 5.99. The van der Waals surface area contributed by atoms with Crippen LogP contribution < -0.4 is 5.32 Å². The second kappa shape index (κ2) is 9.21. The van der Waals surface area contributed by atoms with Gasteiger partial charge in [-0.2, -0.15) is 13.2 Å². The Bertz CT molecular complexity index is 1120. The van der Waals surface area contributed by atoms with Crippen molar-refractivity contribution in [1.29, 1.82) is 0 Å². The summed E-state index contributed by atoms with van der Waals surface area (Å²) in [7, 11) is 1.40. The van der Waals surface area contributed by atoms with Gasteiger partial charge in [-0.05, 0) is 36.4 Å². The Balaban J connectivity index is 1.84. The van der Waals surface area contributed by atoms with Crippen molar-refractivity contribution in [2.45, 2.75) is 17.8 Å². The van der Waals surface area contributed by atoms with Gasteiger partial charge in [0.25, 0.3) is 0 Å². The number of aliphatic imine (C=N–C) groups is 1. The van der Waals surface area contributed by atoms with Gasteiger partial charge in [0.2, 0.25) is 11.8 Å². The molecule has 1 heterocycles. The molecule has 0 bridgehead atoms. The van der Waals surface area contributed by atoms with E-state index in [1.54, 1.807) is 0 Å². The molecular formula is C20H15ClF3N3O4S. The summed E-state index contributed by atoms with van der Waals surface area (Å²) in [5, 5.41) is 10.2. The Hall–Kier alpha value is -3.05. The Labute approximate surface area is 189 Å². The van der Waals surface area contributed by atoms with Crippen LogP contribution in [0.3, 0.4) is 0 Å². The van der Waals surface area contributed by atoms with Gasteiger partial charge >= 0.3 is 12.1 Å². The number of alkyl halides is 3. The average Bonchev–Trinajstić information content (AvgIpc) is 2.71. The van der Waals surface area contributed by atoms with Gasteiger partial charge in [0.05, 0.1) is 21.8 Å². The molecule has 2 amide bonds. The van der Waals surface area contributed by atoms with Gasteiger partial charge in [-0.3, -0.25) is 14.5 Å². The lowest BCUT2D eigenvalue weighted by Gasteiger charge is -2.29. The fraction of sp³-hybridized carbons (Fsp3) is 0.200. The number of carboxylic acid groups (broad SMARTS) is 1. The smallest absolute Gasteiger partial charge is 0.417 e. The lowest BCUT2D eigenvalue weighted by Crippen LogP contribution is -2.43. The van der Waals surface area contributed by atoms with E-state index in [0.717, 1.165) is 28.8 Å². The predicted octanol–water partition coefficient (Wildman–Crippen LogP) is 4.65. The molecule has 168 valence electrons. The van der Waals surface area contributed by atoms with Gasteiger partial charge in [0, 0.05) is 19.2 Å². The molecule has 2 aromatic rings. The van der Waals surface area contributed by atoms with Crippen LogP contribution in [0.2, 0.25) is 5.02 Å². The van der Waals surface area contributed by atoms with Crippen molar-refractivity contribution in [3.63, 3.8) is 0 Å². The van der Waals surface area contributed by atoms with E-state index in [2.05, 4.69) is 10.3 Å². The van der Waals surface area contributed by atoms with E-state index in [4.69, 9.17) is 16.7 Å². The molecule has 3 rings (SSSR count). The van der Waals surface area contributed by atoms with Gasteiger partial charge in [-0.1, -0.05) is 29.4 Å². The van der Waals surface area contributed by atoms with Crippen LogP contribution in [0.5, 0.6) is 0 Å². The number of carbonyl (C=O) groups is 3. The van der Waals surface area contributed by atoms with E-state index in [-0.39, 0.29) is 28.5 Å². The first-order valence-corrected chi connectivity index (χ1v) is 10.2. The predicted molar refractivity (Wildman–Crippen MR) is 114 cm³/mol. The Morgan fingerprint density at radius 3 is 2.62 bits per heavy atom. The minimum absolute atomic E-state index is 0.0274. The Morgan fingerprint density at radius 1 is 1.25 bits per heavy atom. The van der Waals surface area contributed by atoms with E-state index >= 15 is 0 Å². The molecule has 2 N–H and O–H groups in total. The molecule has 0 radical (unpaired) electrons. The first kappa shape index (κ1) is 23.6. The second-order valence-electron chi connectivity index (χ2n) is 6.69. The minimum atomic E-state index is -4.68.